The van der Waals surface area contributed by atoms with Gasteiger partial charge in [0, 0.05) is 6.54 Å². The Morgan fingerprint density at radius 1 is 1.15 bits per heavy atom. The van der Waals surface area contributed by atoms with Crippen molar-refractivity contribution in [1.29, 1.82) is 0 Å². The number of piperidine rings is 1. The third-order valence-electron chi connectivity index (χ3n) is 3.90. The molecule has 0 atom stereocenters. The van der Waals surface area contributed by atoms with E-state index in [1.54, 1.807) is 0 Å². The summed E-state index contributed by atoms with van der Waals surface area (Å²) >= 11 is 0. The minimum absolute atomic E-state index is 0.211. The first-order valence-corrected chi connectivity index (χ1v) is 7.66. The molecule has 0 spiro atoms. The molecule has 20 heavy (non-hydrogen) atoms. The van der Waals surface area contributed by atoms with Gasteiger partial charge in [-0.1, -0.05) is 32.4 Å². The maximum absolute atomic E-state index is 11.9. The highest BCUT2D eigenvalue weighted by Crippen LogP contribution is 2.15. The van der Waals surface area contributed by atoms with Gasteiger partial charge >= 0.3 is 5.97 Å². The number of carbonyl (C=O) groups is 1. The largest absolute Gasteiger partial charge is 0.461 e. The van der Waals surface area contributed by atoms with Crippen LogP contribution in [0.2, 0.25) is 0 Å². The standard InChI is InChI=1S/C17H25NO2/c1-14(2)15-6-8-16(9-7-15)17(19)20-13-12-18-10-4-3-5-11-18/h6-9,14H,3-5,10-13H2,1-2H3. The molecule has 1 aliphatic heterocycles. The summed E-state index contributed by atoms with van der Waals surface area (Å²) in [5.74, 6) is 0.275. The summed E-state index contributed by atoms with van der Waals surface area (Å²) in [4.78, 5) is 14.3. The molecule has 0 bridgehead atoms. The molecule has 3 nitrogen and oxygen atoms in total. The topological polar surface area (TPSA) is 29.5 Å². The maximum atomic E-state index is 11.9. The minimum Gasteiger partial charge on any atom is -0.461 e. The smallest absolute Gasteiger partial charge is 0.338 e. The van der Waals surface area contributed by atoms with Crippen LogP contribution in [0.15, 0.2) is 24.3 Å². The molecule has 110 valence electrons. The lowest BCUT2D eigenvalue weighted by molar-refractivity contribution is 0.0452. The van der Waals surface area contributed by atoms with Gasteiger partial charge in [-0.25, -0.2) is 4.79 Å². The highest BCUT2D eigenvalue weighted by Gasteiger charge is 2.12. The zero-order valence-electron chi connectivity index (χ0n) is 12.6. The Morgan fingerprint density at radius 3 is 2.40 bits per heavy atom. The number of ether oxygens (including phenoxy) is 1. The van der Waals surface area contributed by atoms with Crippen LogP contribution in [0.3, 0.4) is 0 Å². The molecule has 0 N–H and O–H groups in total. The zero-order chi connectivity index (χ0) is 14.4. The normalized spacial score (nSPS) is 16.4. The lowest BCUT2D eigenvalue weighted by atomic mass is 10.0. The number of benzene rings is 1. The monoisotopic (exact) mass is 275 g/mol. The average molecular weight is 275 g/mol. The Morgan fingerprint density at radius 2 is 1.80 bits per heavy atom. The molecule has 1 aliphatic rings. The third kappa shape index (κ3) is 4.34. The molecule has 0 aromatic heterocycles. The SMILES string of the molecule is CC(C)c1ccc(C(=O)OCCN2CCCCC2)cc1. The van der Waals surface area contributed by atoms with Gasteiger partial charge < -0.3 is 4.74 Å². The first kappa shape index (κ1) is 15.0. The van der Waals surface area contributed by atoms with Crippen molar-refractivity contribution in [2.45, 2.75) is 39.0 Å². The molecule has 3 heteroatoms. The molecule has 0 aliphatic carbocycles. The van der Waals surface area contributed by atoms with Gasteiger partial charge in [0.15, 0.2) is 0 Å². The molecule has 2 rings (SSSR count). The summed E-state index contributed by atoms with van der Waals surface area (Å²) < 4.78 is 5.35. The van der Waals surface area contributed by atoms with Crippen LogP contribution in [-0.2, 0) is 4.74 Å². The number of likely N-dealkylation sites (tertiary alicyclic amines) is 1. The van der Waals surface area contributed by atoms with Gasteiger partial charge in [0.1, 0.15) is 6.61 Å². The summed E-state index contributed by atoms with van der Waals surface area (Å²) in [5, 5.41) is 0. The zero-order valence-corrected chi connectivity index (χ0v) is 12.6. The molecule has 1 heterocycles. The van der Waals surface area contributed by atoms with Crippen LogP contribution >= 0.6 is 0 Å². The van der Waals surface area contributed by atoms with Crippen LogP contribution in [0.25, 0.3) is 0 Å². The van der Waals surface area contributed by atoms with Crippen molar-refractivity contribution in [2.24, 2.45) is 0 Å². The second-order valence-corrected chi connectivity index (χ2v) is 5.81. The van der Waals surface area contributed by atoms with Gasteiger partial charge in [0.2, 0.25) is 0 Å². The summed E-state index contributed by atoms with van der Waals surface area (Å²) in [7, 11) is 0. The Bertz CT molecular complexity index is 419. The van der Waals surface area contributed by atoms with Crippen molar-refractivity contribution < 1.29 is 9.53 Å². The molecule has 0 amide bonds. The van der Waals surface area contributed by atoms with Gasteiger partial charge in [-0.2, -0.15) is 0 Å². The van der Waals surface area contributed by atoms with Crippen molar-refractivity contribution in [3.63, 3.8) is 0 Å². The van der Waals surface area contributed by atoms with Crippen molar-refractivity contribution in [3.8, 4) is 0 Å². The van der Waals surface area contributed by atoms with Crippen LogP contribution in [0, 0.1) is 0 Å². The van der Waals surface area contributed by atoms with Crippen LogP contribution in [0.4, 0.5) is 0 Å². The van der Waals surface area contributed by atoms with Gasteiger partial charge in [-0.3, -0.25) is 4.90 Å². The number of carbonyl (C=O) groups excluding carboxylic acids is 1. The Balaban J connectivity index is 1.76. The van der Waals surface area contributed by atoms with Crippen LogP contribution < -0.4 is 0 Å². The van der Waals surface area contributed by atoms with E-state index >= 15 is 0 Å². The van der Waals surface area contributed by atoms with Gasteiger partial charge in [0.05, 0.1) is 5.56 Å². The molecular formula is C17H25NO2. The van der Waals surface area contributed by atoms with E-state index in [1.165, 1.54) is 24.8 Å². The Hall–Kier alpha value is -1.35. The molecule has 0 saturated carbocycles. The number of nitrogens with zero attached hydrogens (tertiary/aromatic N) is 1. The van der Waals surface area contributed by atoms with Crippen LogP contribution in [0.5, 0.6) is 0 Å². The van der Waals surface area contributed by atoms with Gasteiger partial charge in [0.25, 0.3) is 0 Å². The first-order valence-electron chi connectivity index (χ1n) is 7.66. The van der Waals surface area contributed by atoms with E-state index in [0.29, 0.717) is 18.1 Å². The third-order valence-corrected chi connectivity index (χ3v) is 3.90. The highest BCUT2D eigenvalue weighted by atomic mass is 16.5. The summed E-state index contributed by atoms with van der Waals surface area (Å²) in [6.45, 7) is 7.92. The van der Waals surface area contributed by atoms with Crippen LogP contribution in [0.1, 0.15) is 54.9 Å². The predicted molar refractivity (Wildman–Crippen MR) is 81.1 cm³/mol. The number of hydrogen-bond donors (Lipinski definition) is 0. The minimum atomic E-state index is -0.211. The highest BCUT2D eigenvalue weighted by molar-refractivity contribution is 5.89. The molecule has 0 unspecified atom stereocenters. The van der Waals surface area contributed by atoms with Crippen molar-refractivity contribution in [2.75, 3.05) is 26.2 Å². The number of esters is 1. The van der Waals surface area contributed by atoms with E-state index in [9.17, 15) is 4.79 Å². The predicted octanol–water partition coefficient (Wildman–Crippen LogP) is 3.45. The number of rotatable bonds is 5. The fourth-order valence-corrected chi connectivity index (χ4v) is 2.54. The Labute approximate surface area is 121 Å². The molecule has 1 saturated heterocycles. The lowest BCUT2D eigenvalue weighted by Crippen LogP contribution is -2.33. The van der Waals surface area contributed by atoms with E-state index in [-0.39, 0.29) is 5.97 Å². The Kier molecular flexibility index (Phi) is 5.60. The maximum Gasteiger partial charge on any atom is 0.338 e. The van der Waals surface area contributed by atoms with E-state index in [2.05, 4.69) is 18.7 Å². The fourth-order valence-electron chi connectivity index (χ4n) is 2.54. The van der Waals surface area contributed by atoms with Crippen molar-refractivity contribution in [1.82, 2.24) is 4.90 Å². The van der Waals surface area contributed by atoms with Crippen LogP contribution in [-0.4, -0.2) is 37.1 Å². The van der Waals surface area contributed by atoms with Crippen molar-refractivity contribution in [3.05, 3.63) is 35.4 Å². The first-order chi connectivity index (χ1) is 9.66. The quantitative estimate of drug-likeness (QED) is 0.771. The summed E-state index contributed by atoms with van der Waals surface area (Å²) in [6, 6.07) is 7.73. The molecule has 1 fully saturated rings. The van der Waals surface area contributed by atoms with Gasteiger partial charge in [-0.15, -0.1) is 0 Å². The molecular weight excluding hydrogens is 250 g/mol. The second kappa shape index (κ2) is 7.44. The van der Waals surface area contributed by atoms with Crippen molar-refractivity contribution >= 4 is 5.97 Å². The molecule has 1 aromatic rings. The average Bonchev–Trinajstić information content (AvgIpc) is 2.48. The second-order valence-electron chi connectivity index (χ2n) is 5.81. The van der Waals surface area contributed by atoms with E-state index in [1.807, 2.05) is 24.3 Å². The summed E-state index contributed by atoms with van der Waals surface area (Å²) in [5.41, 5.74) is 1.89. The summed E-state index contributed by atoms with van der Waals surface area (Å²) in [6.07, 6.45) is 3.87. The molecule has 0 radical (unpaired) electrons. The van der Waals surface area contributed by atoms with Gasteiger partial charge in [-0.05, 0) is 49.5 Å². The fraction of sp³-hybridized carbons (Fsp3) is 0.588. The van der Waals surface area contributed by atoms with E-state index in [0.717, 1.165) is 19.6 Å². The number of hydrogen-bond acceptors (Lipinski definition) is 3. The molecule has 1 aromatic carbocycles. The van der Waals surface area contributed by atoms with E-state index in [4.69, 9.17) is 4.74 Å². The lowest BCUT2D eigenvalue weighted by Gasteiger charge is -2.25. The van der Waals surface area contributed by atoms with E-state index < -0.39 is 0 Å².